The van der Waals surface area contributed by atoms with Crippen molar-refractivity contribution in [1.29, 1.82) is 0 Å². The summed E-state index contributed by atoms with van der Waals surface area (Å²) in [6.07, 6.45) is 5.58. The first kappa shape index (κ1) is 21.1. The van der Waals surface area contributed by atoms with Crippen LogP contribution in [-0.4, -0.2) is 12.6 Å². The molecule has 0 aromatic heterocycles. The lowest BCUT2D eigenvalue weighted by Crippen LogP contribution is -2.17. The molecule has 0 amide bonds. The summed E-state index contributed by atoms with van der Waals surface area (Å²) in [4.78, 5) is 11.1. The third-order valence-electron chi connectivity index (χ3n) is 6.01. The molecule has 0 aliphatic carbocycles. The number of benzene rings is 3. The summed E-state index contributed by atoms with van der Waals surface area (Å²) in [6.45, 7) is 10.8. The van der Waals surface area contributed by atoms with E-state index in [2.05, 4.69) is 81.9 Å². The van der Waals surface area contributed by atoms with Gasteiger partial charge in [-0.15, -0.1) is 0 Å². The molecule has 1 atom stereocenters. The topological polar surface area (TPSA) is 26.3 Å². The molecule has 3 rings (SSSR count). The normalized spacial score (nSPS) is 12.8. The first-order valence-electron chi connectivity index (χ1n) is 10.6. The standard InChI is InChI=1S/C27H32O2/c1-5-26(28)29-16-14-20(2)9-8-15-27(3,4)25-13-12-23-17-21-10-6-7-11-22(21)18-24(23)19-25/h5-7,10-13,17-20H,1,8-9,14-16H2,2-4H3. The molecule has 0 bridgehead atoms. The summed E-state index contributed by atoms with van der Waals surface area (Å²) in [5.41, 5.74) is 1.53. The van der Waals surface area contributed by atoms with E-state index in [0.717, 1.165) is 19.3 Å². The molecular weight excluding hydrogens is 356 g/mol. The summed E-state index contributed by atoms with van der Waals surface area (Å²) >= 11 is 0. The minimum Gasteiger partial charge on any atom is -0.463 e. The van der Waals surface area contributed by atoms with Crippen molar-refractivity contribution in [3.63, 3.8) is 0 Å². The van der Waals surface area contributed by atoms with Gasteiger partial charge >= 0.3 is 5.97 Å². The summed E-state index contributed by atoms with van der Waals surface area (Å²) in [5.74, 6) is 0.216. The van der Waals surface area contributed by atoms with Crippen LogP contribution in [0.1, 0.15) is 52.0 Å². The van der Waals surface area contributed by atoms with Crippen LogP contribution >= 0.6 is 0 Å². The second kappa shape index (κ2) is 9.26. The molecule has 1 unspecified atom stereocenters. The number of fused-ring (bicyclic) bond motifs is 2. The van der Waals surface area contributed by atoms with Crippen LogP contribution in [0, 0.1) is 5.92 Å². The van der Waals surface area contributed by atoms with Gasteiger partial charge in [0.05, 0.1) is 6.61 Å². The Balaban J connectivity index is 1.61. The lowest BCUT2D eigenvalue weighted by atomic mass is 9.78. The smallest absolute Gasteiger partial charge is 0.330 e. The molecule has 0 spiro atoms. The average molecular weight is 389 g/mol. The number of hydrogen-bond donors (Lipinski definition) is 0. The monoisotopic (exact) mass is 388 g/mol. The zero-order chi connectivity index (χ0) is 20.9. The van der Waals surface area contributed by atoms with E-state index in [1.165, 1.54) is 39.6 Å². The highest BCUT2D eigenvalue weighted by atomic mass is 16.5. The first-order chi connectivity index (χ1) is 13.9. The van der Waals surface area contributed by atoms with Gasteiger partial charge in [0.15, 0.2) is 0 Å². The fraction of sp³-hybridized carbons (Fsp3) is 0.370. The van der Waals surface area contributed by atoms with Crippen LogP contribution in [0.25, 0.3) is 21.5 Å². The third kappa shape index (κ3) is 5.47. The minimum absolute atomic E-state index is 0.134. The molecule has 0 saturated carbocycles. The Bertz CT molecular complexity index is 1000. The maximum atomic E-state index is 11.1. The van der Waals surface area contributed by atoms with E-state index in [4.69, 9.17) is 4.74 Å². The zero-order valence-electron chi connectivity index (χ0n) is 17.9. The molecule has 3 aromatic rings. The molecule has 0 fully saturated rings. The van der Waals surface area contributed by atoms with Gasteiger partial charge < -0.3 is 4.74 Å². The Hall–Kier alpha value is -2.61. The number of carbonyl (C=O) groups excluding carboxylic acids is 1. The molecule has 0 radical (unpaired) electrons. The Morgan fingerprint density at radius 3 is 2.34 bits per heavy atom. The number of ether oxygens (including phenoxy) is 1. The van der Waals surface area contributed by atoms with Crippen LogP contribution in [0.2, 0.25) is 0 Å². The van der Waals surface area contributed by atoms with Crippen molar-refractivity contribution < 1.29 is 9.53 Å². The quantitative estimate of drug-likeness (QED) is 0.220. The molecule has 0 aliphatic heterocycles. The Morgan fingerprint density at radius 1 is 1.00 bits per heavy atom. The van der Waals surface area contributed by atoms with Crippen LogP contribution in [0.3, 0.4) is 0 Å². The van der Waals surface area contributed by atoms with Crippen LogP contribution in [0.5, 0.6) is 0 Å². The predicted octanol–water partition coefficient (Wildman–Crippen LogP) is 7.20. The number of carbonyl (C=O) groups is 1. The lowest BCUT2D eigenvalue weighted by Gasteiger charge is -2.26. The SMILES string of the molecule is C=CC(=O)OCCC(C)CCCC(C)(C)c1ccc2cc3ccccc3cc2c1. The molecule has 3 aromatic carbocycles. The van der Waals surface area contributed by atoms with Gasteiger partial charge in [-0.05, 0) is 63.4 Å². The Kier molecular flexibility index (Phi) is 6.74. The van der Waals surface area contributed by atoms with Crippen LogP contribution in [0.4, 0.5) is 0 Å². The largest absolute Gasteiger partial charge is 0.463 e. The van der Waals surface area contributed by atoms with Crippen LogP contribution < -0.4 is 0 Å². The molecule has 0 heterocycles. The second-order valence-corrected chi connectivity index (χ2v) is 8.80. The molecule has 0 N–H and O–H groups in total. The molecule has 2 heteroatoms. The van der Waals surface area contributed by atoms with Crippen molar-refractivity contribution in [2.75, 3.05) is 6.61 Å². The van der Waals surface area contributed by atoms with Crippen molar-refractivity contribution in [2.24, 2.45) is 5.92 Å². The number of rotatable bonds is 9. The van der Waals surface area contributed by atoms with E-state index in [-0.39, 0.29) is 11.4 Å². The van der Waals surface area contributed by atoms with Crippen molar-refractivity contribution >= 4 is 27.5 Å². The van der Waals surface area contributed by atoms with Crippen LogP contribution in [-0.2, 0) is 14.9 Å². The van der Waals surface area contributed by atoms with Crippen molar-refractivity contribution in [3.8, 4) is 0 Å². The number of esters is 1. The van der Waals surface area contributed by atoms with E-state index < -0.39 is 0 Å². The molecule has 2 nitrogen and oxygen atoms in total. The highest BCUT2D eigenvalue weighted by molar-refractivity contribution is 5.98. The van der Waals surface area contributed by atoms with E-state index in [1.54, 1.807) is 0 Å². The highest BCUT2D eigenvalue weighted by Gasteiger charge is 2.21. The highest BCUT2D eigenvalue weighted by Crippen LogP contribution is 2.33. The third-order valence-corrected chi connectivity index (χ3v) is 6.01. The number of hydrogen-bond acceptors (Lipinski definition) is 2. The molecule has 29 heavy (non-hydrogen) atoms. The molecule has 0 saturated heterocycles. The lowest BCUT2D eigenvalue weighted by molar-refractivity contribution is -0.138. The van der Waals surface area contributed by atoms with Gasteiger partial charge in [-0.3, -0.25) is 0 Å². The minimum atomic E-state index is -0.331. The Morgan fingerprint density at radius 2 is 1.66 bits per heavy atom. The summed E-state index contributed by atoms with van der Waals surface area (Å²) < 4.78 is 5.09. The van der Waals surface area contributed by atoms with E-state index in [9.17, 15) is 4.79 Å². The zero-order valence-corrected chi connectivity index (χ0v) is 17.9. The molecular formula is C27H32O2. The van der Waals surface area contributed by atoms with Gasteiger partial charge in [0.25, 0.3) is 0 Å². The van der Waals surface area contributed by atoms with Gasteiger partial charge in [0.2, 0.25) is 0 Å². The van der Waals surface area contributed by atoms with Gasteiger partial charge in [-0.1, -0.05) is 82.7 Å². The summed E-state index contributed by atoms with van der Waals surface area (Å²) in [6, 6.07) is 20.0. The summed E-state index contributed by atoms with van der Waals surface area (Å²) in [5, 5.41) is 5.19. The van der Waals surface area contributed by atoms with Crippen LogP contribution in [0.15, 0.2) is 67.3 Å². The Labute approximate surface area is 174 Å². The van der Waals surface area contributed by atoms with E-state index >= 15 is 0 Å². The maximum Gasteiger partial charge on any atom is 0.330 e. The van der Waals surface area contributed by atoms with E-state index in [1.807, 2.05) is 0 Å². The van der Waals surface area contributed by atoms with E-state index in [0.29, 0.717) is 12.5 Å². The van der Waals surface area contributed by atoms with Crippen molar-refractivity contribution in [3.05, 3.63) is 72.8 Å². The fourth-order valence-electron chi connectivity index (χ4n) is 3.96. The maximum absolute atomic E-state index is 11.1. The van der Waals surface area contributed by atoms with Crippen molar-refractivity contribution in [2.45, 2.75) is 51.9 Å². The second-order valence-electron chi connectivity index (χ2n) is 8.80. The molecule has 0 aliphatic rings. The van der Waals surface area contributed by atoms with Gasteiger partial charge in [-0.25, -0.2) is 4.79 Å². The average Bonchev–Trinajstić information content (AvgIpc) is 2.71. The van der Waals surface area contributed by atoms with Gasteiger partial charge in [-0.2, -0.15) is 0 Å². The van der Waals surface area contributed by atoms with Gasteiger partial charge in [0, 0.05) is 6.08 Å². The molecule has 152 valence electrons. The predicted molar refractivity (Wildman–Crippen MR) is 123 cm³/mol. The first-order valence-corrected chi connectivity index (χ1v) is 10.6. The van der Waals surface area contributed by atoms with Crippen molar-refractivity contribution in [1.82, 2.24) is 0 Å². The summed E-state index contributed by atoms with van der Waals surface area (Å²) in [7, 11) is 0. The fourth-order valence-corrected chi connectivity index (χ4v) is 3.96. The van der Waals surface area contributed by atoms with Gasteiger partial charge in [0.1, 0.15) is 0 Å².